The van der Waals surface area contributed by atoms with Crippen molar-refractivity contribution in [3.05, 3.63) is 40.0 Å². The van der Waals surface area contributed by atoms with Gasteiger partial charge in [-0.15, -0.1) is 0 Å². The van der Waals surface area contributed by atoms with E-state index in [2.05, 4.69) is 36.6 Å². The number of rotatable bonds is 5. The molecule has 1 aliphatic rings. The molecule has 0 amide bonds. The van der Waals surface area contributed by atoms with Crippen LogP contribution in [0.2, 0.25) is 0 Å². The van der Waals surface area contributed by atoms with E-state index in [1.165, 1.54) is 50.1 Å². The Morgan fingerprint density at radius 2 is 1.91 bits per heavy atom. The molecule has 1 fully saturated rings. The summed E-state index contributed by atoms with van der Waals surface area (Å²) in [4.78, 5) is 15.0. The predicted octanol–water partition coefficient (Wildman–Crippen LogP) is 4.36. The molecule has 0 bridgehead atoms. The Hall–Kier alpha value is -1.39. The highest BCUT2D eigenvalue weighted by atomic mass is 32.1. The topological polar surface area (TPSA) is 25.2 Å². The average molecular weight is 330 g/mol. The van der Waals surface area contributed by atoms with Gasteiger partial charge in [0.05, 0.1) is 10.2 Å². The van der Waals surface area contributed by atoms with Crippen LogP contribution in [0.4, 0.5) is 0 Å². The van der Waals surface area contributed by atoms with Crippen LogP contribution in [0.25, 0.3) is 15.8 Å². The summed E-state index contributed by atoms with van der Waals surface area (Å²) in [6.07, 6.45) is 6.23. The van der Waals surface area contributed by atoms with E-state index in [0.29, 0.717) is 0 Å². The lowest BCUT2D eigenvalue weighted by Crippen LogP contribution is -2.30. The molecule has 4 heteroatoms. The van der Waals surface area contributed by atoms with Gasteiger partial charge in [-0.2, -0.15) is 0 Å². The fourth-order valence-corrected chi connectivity index (χ4v) is 4.26. The molecule has 1 saturated heterocycles. The Labute approximate surface area is 142 Å². The smallest absolute Gasteiger partial charge is 0.302 e. The Morgan fingerprint density at radius 3 is 2.61 bits per heavy atom. The van der Waals surface area contributed by atoms with Gasteiger partial charge in [0.2, 0.25) is 0 Å². The molecule has 2 aromatic rings. The third-order valence-electron chi connectivity index (χ3n) is 4.84. The SMILES string of the molecule is C=C(CC)c1ccc2c(c1)sc(=O)n2CCN1CCCCCC1. The van der Waals surface area contributed by atoms with E-state index in [0.717, 1.165) is 40.9 Å². The van der Waals surface area contributed by atoms with Crippen molar-refractivity contribution >= 4 is 27.1 Å². The molecule has 2 heterocycles. The molecule has 3 nitrogen and oxygen atoms in total. The standard InChI is InChI=1S/C19H26N2OS/c1-3-15(2)16-8-9-17-18(14-16)23-19(22)21(17)13-12-20-10-6-4-5-7-11-20/h8-9,14H,2-7,10-13H2,1H3. The average Bonchev–Trinajstić information content (AvgIpc) is 2.73. The van der Waals surface area contributed by atoms with Crippen LogP contribution in [0.15, 0.2) is 29.6 Å². The first-order valence-electron chi connectivity index (χ1n) is 8.73. The van der Waals surface area contributed by atoms with Crippen LogP contribution in [0.5, 0.6) is 0 Å². The van der Waals surface area contributed by atoms with Crippen LogP contribution >= 0.6 is 11.3 Å². The van der Waals surface area contributed by atoms with Gasteiger partial charge in [0.25, 0.3) is 0 Å². The molecule has 0 aliphatic carbocycles. The van der Waals surface area contributed by atoms with Gasteiger partial charge in [-0.1, -0.05) is 43.7 Å². The van der Waals surface area contributed by atoms with Gasteiger partial charge in [-0.05, 0) is 55.6 Å². The Bertz CT molecular complexity index is 735. The largest absolute Gasteiger partial charge is 0.308 e. The minimum Gasteiger partial charge on any atom is -0.302 e. The van der Waals surface area contributed by atoms with Gasteiger partial charge in [0.15, 0.2) is 0 Å². The summed E-state index contributed by atoms with van der Waals surface area (Å²) in [5.41, 5.74) is 3.35. The maximum atomic E-state index is 12.4. The molecule has 0 N–H and O–H groups in total. The van der Waals surface area contributed by atoms with Crippen LogP contribution in [0, 0.1) is 0 Å². The molecule has 3 rings (SSSR count). The van der Waals surface area contributed by atoms with Gasteiger partial charge in [0, 0.05) is 13.1 Å². The second-order valence-corrected chi connectivity index (χ2v) is 7.41. The van der Waals surface area contributed by atoms with Gasteiger partial charge in [-0.25, -0.2) is 0 Å². The van der Waals surface area contributed by atoms with Crippen molar-refractivity contribution in [2.24, 2.45) is 0 Å². The lowest BCUT2D eigenvalue weighted by atomic mass is 10.1. The molecule has 0 radical (unpaired) electrons. The highest BCUT2D eigenvalue weighted by Crippen LogP contribution is 2.24. The molecule has 0 saturated carbocycles. The third-order valence-corrected chi connectivity index (χ3v) is 5.78. The maximum Gasteiger partial charge on any atom is 0.308 e. The van der Waals surface area contributed by atoms with Gasteiger partial charge in [0.1, 0.15) is 0 Å². The second kappa shape index (κ2) is 7.45. The molecular weight excluding hydrogens is 304 g/mol. The second-order valence-electron chi connectivity index (χ2n) is 6.42. The van der Waals surface area contributed by atoms with Crippen molar-refractivity contribution in [2.75, 3.05) is 19.6 Å². The molecular formula is C19H26N2OS. The zero-order chi connectivity index (χ0) is 16.2. The lowest BCUT2D eigenvalue weighted by Gasteiger charge is -2.19. The first kappa shape index (κ1) is 16.5. The number of likely N-dealkylation sites (tertiary alicyclic amines) is 1. The van der Waals surface area contributed by atoms with E-state index in [-0.39, 0.29) is 4.87 Å². The van der Waals surface area contributed by atoms with Gasteiger partial charge in [-0.3, -0.25) is 9.36 Å². The molecule has 0 atom stereocenters. The lowest BCUT2D eigenvalue weighted by molar-refractivity contribution is 0.274. The number of fused-ring (bicyclic) bond motifs is 1. The van der Waals surface area contributed by atoms with Crippen LogP contribution in [-0.2, 0) is 6.54 Å². The van der Waals surface area contributed by atoms with E-state index in [1.807, 2.05) is 4.57 Å². The highest BCUT2D eigenvalue weighted by molar-refractivity contribution is 7.16. The summed E-state index contributed by atoms with van der Waals surface area (Å²) in [5.74, 6) is 0. The quantitative estimate of drug-likeness (QED) is 0.814. The van der Waals surface area contributed by atoms with Crippen molar-refractivity contribution in [2.45, 2.75) is 45.6 Å². The normalized spacial score (nSPS) is 16.6. The van der Waals surface area contributed by atoms with Crippen LogP contribution in [0.1, 0.15) is 44.6 Å². The Morgan fingerprint density at radius 1 is 1.17 bits per heavy atom. The molecule has 1 aromatic carbocycles. The molecule has 124 valence electrons. The fraction of sp³-hybridized carbons (Fsp3) is 0.526. The molecule has 0 spiro atoms. The highest BCUT2D eigenvalue weighted by Gasteiger charge is 2.12. The van der Waals surface area contributed by atoms with E-state index < -0.39 is 0 Å². The van der Waals surface area contributed by atoms with Gasteiger partial charge < -0.3 is 4.90 Å². The summed E-state index contributed by atoms with van der Waals surface area (Å²) in [5, 5.41) is 0. The van der Waals surface area contributed by atoms with Crippen molar-refractivity contribution in [3.8, 4) is 0 Å². The number of hydrogen-bond donors (Lipinski definition) is 0. The van der Waals surface area contributed by atoms with Gasteiger partial charge >= 0.3 is 4.87 Å². The van der Waals surface area contributed by atoms with Crippen molar-refractivity contribution in [1.29, 1.82) is 0 Å². The summed E-state index contributed by atoms with van der Waals surface area (Å²) < 4.78 is 3.03. The summed E-state index contributed by atoms with van der Waals surface area (Å²) in [6, 6.07) is 6.31. The third kappa shape index (κ3) is 3.75. The van der Waals surface area contributed by atoms with Crippen LogP contribution in [0.3, 0.4) is 0 Å². The number of nitrogens with zero attached hydrogens (tertiary/aromatic N) is 2. The number of allylic oxidation sites excluding steroid dienone is 1. The van der Waals surface area contributed by atoms with Crippen LogP contribution in [-0.4, -0.2) is 29.1 Å². The fourth-order valence-electron chi connectivity index (χ4n) is 3.30. The minimum atomic E-state index is 0.161. The Kier molecular flexibility index (Phi) is 5.34. The number of thiazole rings is 1. The number of benzene rings is 1. The zero-order valence-electron chi connectivity index (χ0n) is 14.0. The van der Waals surface area contributed by atoms with E-state index >= 15 is 0 Å². The van der Waals surface area contributed by atoms with E-state index in [1.54, 1.807) is 0 Å². The molecule has 23 heavy (non-hydrogen) atoms. The van der Waals surface area contributed by atoms with Crippen LogP contribution < -0.4 is 4.87 Å². The molecule has 0 unspecified atom stereocenters. The first-order valence-corrected chi connectivity index (χ1v) is 9.54. The van der Waals surface area contributed by atoms with Crippen molar-refractivity contribution < 1.29 is 0 Å². The predicted molar refractivity (Wildman–Crippen MR) is 100 cm³/mol. The van der Waals surface area contributed by atoms with E-state index in [9.17, 15) is 4.79 Å². The minimum absolute atomic E-state index is 0.161. The Balaban J connectivity index is 1.79. The van der Waals surface area contributed by atoms with E-state index in [4.69, 9.17) is 0 Å². The maximum absolute atomic E-state index is 12.4. The molecule has 1 aliphatic heterocycles. The summed E-state index contributed by atoms with van der Waals surface area (Å²) in [7, 11) is 0. The number of aromatic nitrogens is 1. The summed E-state index contributed by atoms with van der Waals surface area (Å²) in [6.45, 7) is 10.3. The zero-order valence-corrected chi connectivity index (χ0v) is 14.8. The molecule has 1 aromatic heterocycles. The van der Waals surface area contributed by atoms with Crippen molar-refractivity contribution in [1.82, 2.24) is 9.47 Å². The summed E-state index contributed by atoms with van der Waals surface area (Å²) >= 11 is 1.36. The number of hydrogen-bond acceptors (Lipinski definition) is 3. The van der Waals surface area contributed by atoms with Crippen molar-refractivity contribution in [3.63, 3.8) is 0 Å². The first-order chi connectivity index (χ1) is 11.2. The monoisotopic (exact) mass is 330 g/mol.